The second kappa shape index (κ2) is 7.85. The Kier molecular flexibility index (Phi) is 5.25. The van der Waals surface area contributed by atoms with Crippen LogP contribution in [0.3, 0.4) is 0 Å². The summed E-state index contributed by atoms with van der Waals surface area (Å²) >= 11 is 0. The van der Waals surface area contributed by atoms with Crippen LogP contribution in [0.2, 0.25) is 0 Å². The molecule has 29 heavy (non-hydrogen) atoms. The lowest BCUT2D eigenvalue weighted by molar-refractivity contribution is 0.591. The average molecular weight is 393 g/mol. The molecule has 0 amide bonds. The SMILES string of the molecule is CC(C)(C)c1cccc([Si](c2ccccc2)(c2ccccc2)c2ccccc2)c1. The van der Waals surface area contributed by atoms with E-state index in [9.17, 15) is 0 Å². The van der Waals surface area contributed by atoms with Gasteiger partial charge in [-0.25, -0.2) is 0 Å². The molecule has 0 saturated heterocycles. The van der Waals surface area contributed by atoms with Gasteiger partial charge in [-0.3, -0.25) is 0 Å². The van der Waals surface area contributed by atoms with E-state index < -0.39 is 8.07 Å². The van der Waals surface area contributed by atoms with Crippen LogP contribution in [0.1, 0.15) is 26.3 Å². The van der Waals surface area contributed by atoms with Crippen LogP contribution < -0.4 is 20.7 Å². The van der Waals surface area contributed by atoms with Gasteiger partial charge in [0.2, 0.25) is 0 Å². The van der Waals surface area contributed by atoms with Gasteiger partial charge in [-0.15, -0.1) is 0 Å². The fourth-order valence-corrected chi connectivity index (χ4v) is 9.08. The molecule has 4 aromatic carbocycles. The van der Waals surface area contributed by atoms with Gasteiger partial charge in [0.1, 0.15) is 0 Å². The molecule has 0 N–H and O–H groups in total. The van der Waals surface area contributed by atoms with Gasteiger partial charge in [0, 0.05) is 0 Å². The van der Waals surface area contributed by atoms with E-state index in [2.05, 4.69) is 136 Å². The van der Waals surface area contributed by atoms with Crippen molar-refractivity contribution < 1.29 is 0 Å². The number of rotatable bonds is 4. The molecule has 0 fully saturated rings. The first-order valence-corrected chi connectivity index (χ1v) is 12.3. The van der Waals surface area contributed by atoms with E-state index in [0.29, 0.717) is 0 Å². The second-order valence-corrected chi connectivity index (χ2v) is 12.5. The zero-order chi connectivity index (χ0) is 20.3. The molecular formula is C28H28Si. The summed E-state index contributed by atoms with van der Waals surface area (Å²) in [5, 5.41) is 5.70. The maximum atomic E-state index is 2.46. The third-order valence-corrected chi connectivity index (χ3v) is 10.6. The molecule has 0 unspecified atom stereocenters. The smallest absolute Gasteiger partial charge is 0.0623 e. The van der Waals surface area contributed by atoms with E-state index in [1.165, 1.54) is 26.3 Å². The molecule has 0 spiro atoms. The fraction of sp³-hybridized carbons (Fsp3) is 0.143. The van der Waals surface area contributed by atoms with E-state index in [1.54, 1.807) is 0 Å². The molecule has 4 rings (SSSR count). The highest BCUT2D eigenvalue weighted by molar-refractivity contribution is 7.19. The van der Waals surface area contributed by atoms with Crippen LogP contribution in [0, 0.1) is 0 Å². The minimum Gasteiger partial charge on any atom is -0.0623 e. The van der Waals surface area contributed by atoms with Crippen LogP contribution in [0.25, 0.3) is 0 Å². The molecule has 144 valence electrons. The van der Waals surface area contributed by atoms with Crippen molar-refractivity contribution in [2.75, 3.05) is 0 Å². The highest BCUT2D eigenvalue weighted by Gasteiger charge is 2.41. The van der Waals surface area contributed by atoms with Gasteiger partial charge >= 0.3 is 0 Å². The lowest BCUT2D eigenvalue weighted by Gasteiger charge is -2.35. The summed E-state index contributed by atoms with van der Waals surface area (Å²) in [5.74, 6) is 0. The lowest BCUT2D eigenvalue weighted by atomic mass is 9.87. The monoisotopic (exact) mass is 392 g/mol. The summed E-state index contributed by atoms with van der Waals surface area (Å²) in [6, 6.07) is 42.6. The number of benzene rings is 4. The quantitative estimate of drug-likeness (QED) is 0.358. The topological polar surface area (TPSA) is 0 Å². The fourth-order valence-electron chi connectivity index (χ4n) is 4.28. The van der Waals surface area contributed by atoms with Gasteiger partial charge < -0.3 is 0 Å². The molecule has 0 aliphatic heterocycles. The zero-order valence-corrected chi connectivity index (χ0v) is 18.5. The van der Waals surface area contributed by atoms with Crippen molar-refractivity contribution >= 4 is 28.8 Å². The molecular weight excluding hydrogens is 364 g/mol. The first-order chi connectivity index (χ1) is 14.0. The summed E-state index contributed by atoms with van der Waals surface area (Å²) in [7, 11) is -2.41. The molecule has 0 bridgehead atoms. The Morgan fingerprint density at radius 3 is 1.21 bits per heavy atom. The molecule has 0 radical (unpaired) electrons. The molecule has 0 atom stereocenters. The van der Waals surface area contributed by atoms with E-state index >= 15 is 0 Å². The highest BCUT2D eigenvalue weighted by Crippen LogP contribution is 2.22. The van der Waals surface area contributed by atoms with Crippen molar-refractivity contribution in [2.45, 2.75) is 26.2 Å². The summed E-state index contributed by atoms with van der Waals surface area (Å²) in [4.78, 5) is 0. The number of hydrogen-bond donors (Lipinski definition) is 0. The van der Waals surface area contributed by atoms with E-state index in [1.807, 2.05) is 0 Å². The van der Waals surface area contributed by atoms with Crippen molar-refractivity contribution in [3.8, 4) is 0 Å². The molecule has 0 aliphatic carbocycles. The van der Waals surface area contributed by atoms with Gasteiger partial charge in [-0.1, -0.05) is 136 Å². The van der Waals surface area contributed by atoms with E-state index in [0.717, 1.165) is 0 Å². The minimum absolute atomic E-state index is 0.111. The van der Waals surface area contributed by atoms with Crippen molar-refractivity contribution in [3.63, 3.8) is 0 Å². The van der Waals surface area contributed by atoms with Crippen LogP contribution in [0.15, 0.2) is 115 Å². The van der Waals surface area contributed by atoms with Crippen molar-refractivity contribution in [2.24, 2.45) is 0 Å². The van der Waals surface area contributed by atoms with Gasteiger partial charge in [0.05, 0.1) is 0 Å². The van der Waals surface area contributed by atoms with Crippen LogP contribution in [0.5, 0.6) is 0 Å². The van der Waals surface area contributed by atoms with Crippen LogP contribution in [-0.2, 0) is 5.41 Å². The Hall–Kier alpha value is -2.90. The number of hydrogen-bond acceptors (Lipinski definition) is 0. The maximum absolute atomic E-state index is 2.46. The molecule has 4 aromatic rings. The Morgan fingerprint density at radius 1 is 0.448 bits per heavy atom. The van der Waals surface area contributed by atoms with Gasteiger partial charge in [0.15, 0.2) is 8.07 Å². The standard InChI is InChI=1S/C28H28Si/c1-28(2,3)23-14-13-21-27(22-23)29(24-15-7-4-8-16-24,25-17-9-5-10-18-25)26-19-11-6-12-20-26/h4-22H,1-3H3. The molecule has 0 nitrogen and oxygen atoms in total. The molecule has 0 saturated carbocycles. The van der Waals surface area contributed by atoms with Crippen LogP contribution in [0.4, 0.5) is 0 Å². The minimum atomic E-state index is -2.41. The highest BCUT2D eigenvalue weighted by atomic mass is 28.3. The Labute approximate surface area is 175 Å². The first kappa shape index (κ1) is 19.4. The first-order valence-electron chi connectivity index (χ1n) is 10.3. The predicted octanol–water partition coefficient (Wildman–Crippen LogP) is 4.36. The zero-order valence-electron chi connectivity index (χ0n) is 17.5. The molecule has 0 aliphatic rings. The summed E-state index contributed by atoms with van der Waals surface area (Å²) in [5.41, 5.74) is 1.50. The maximum Gasteiger partial charge on any atom is 0.179 e. The Bertz CT molecular complexity index is 965. The summed E-state index contributed by atoms with van der Waals surface area (Å²) in [6.07, 6.45) is 0. The van der Waals surface area contributed by atoms with Crippen LogP contribution in [-0.4, -0.2) is 8.07 Å². The van der Waals surface area contributed by atoms with Crippen molar-refractivity contribution in [1.29, 1.82) is 0 Å². The third kappa shape index (κ3) is 3.59. The van der Waals surface area contributed by atoms with Crippen LogP contribution >= 0.6 is 0 Å². The van der Waals surface area contributed by atoms with Gasteiger partial charge in [-0.05, 0) is 31.7 Å². The van der Waals surface area contributed by atoms with Crippen molar-refractivity contribution in [1.82, 2.24) is 0 Å². The van der Waals surface area contributed by atoms with Gasteiger partial charge in [0.25, 0.3) is 0 Å². The molecule has 0 heterocycles. The lowest BCUT2D eigenvalue weighted by Crippen LogP contribution is -2.74. The largest absolute Gasteiger partial charge is 0.179 e. The summed E-state index contributed by atoms with van der Waals surface area (Å²) in [6.45, 7) is 6.88. The molecule has 1 heteroatoms. The Balaban J connectivity index is 2.12. The van der Waals surface area contributed by atoms with Crippen molar-refractivity contribution in [3.05, 3.63) is 121 Å². The second-order valence-electron chi connectivity index (χ2n) is 8.68. The van der Waals surface area contributed by atoms with Gasteiger partial charge in [-0.2, -0.15) is 0 Å². The summed E-state index contributed by atoms with van der Waals surface area (Å²) < 4.78 is 0. The predicted molar refractivity (Wildman–Crippen MR) is 129 cm³/mol. The average Bonchev–Trinajstić information content (AvgIpc) is 2.76. The van der Waals surface area contributed by atoms with E-state index in [-0.39, 0.29) is 5.41 Å². The molecule has 0 aromatic heterocycles. The normalized spacial score (nSPS) is 12.0. The Morgan fingerprint density at radius 2 is 0.828 bits per heavy atom. The third-order valence-electron chi connectivity index (χ3n) is 5.78. The van der Waals surface area contributed by atoms with E-state index in [4.69, 9.17) is 0 Å².